The number of hydrogen-bond acceptors (Lipinski definition) is 3. The Bertz CT molecular complexity index is 541. The van der Waals surface area contributed by atoms with Gasteiger partial charge in [0.15, 0.2) is 0 Å². The van der Waals surface area contributed by atoms with E-state index in [2.05, 4.69) is 5.32 Å². The maximum absolute atomic E-state index is 12.1. The van der Waals surface area contributed by atoms with E-state index in [0.29, 0.717) is 13.0 Å². The van der Waals surface area contributed by atoms with Gasteiger partial charge in [0.2, 0.25) is 0 Å². The van der Waals surface area contributed by atoms with Gasteiger partial charge in [-0.15, -0.1) is 11.3 Å². The summed E-state index contributed by atoms with van der Waals surface area (Å²) in [6.45, 7) is 4.79. The first-order valence-corrected chi connectivity index (χ1v) is 7.21. The molecule has 2 rings (SSSR count). The fourth-order valence-corrected chi connectivity index (χ4v) is 2.87. The lowest BCUT2D eigenvalue weighted by molar-refractivity contribution is 0.0932. The molecule has 0 atom stereocenters. The summed E-state index contributed by atoms with van der Waals surface area (Å²) >= 11 is 1.51. The third-order valence-corrected chi connectivity index (χ3v) is 4.28. The van der Waals surface area contributed by atoms with Crippen LogP contribution in [0.2, 0.25) is 0 Å². The fourth-order valence-electron chi connectivity index (χ4n) is 1.89. The van der Waals surface area contributed by atoms with E-state index in [4.69, 9.17) is 5.11 Å². The minimum absolute atomic E-state index is 0.0350. The summed E-state index contributed by atoms with van der Waals surface area (Å²) < 4.78 is 1.13. The monoisotopic (exact) mass is 277 g/mol. The molecule has 19 heavy (non-hydrogen) atoms. The van der Waals surface area contributed by atoms with E-state index in [-0.39, 0.29) is 17.9 Å². The summed E-state index contributed by atoms with van der Waals surface area (Å²) in [4.78, 5) is 12.8. The summed E-state index contributed by atoms with van der Waals surface area (Å²) in [5.41, 5.74) is -0.0822. The number of benzene rings is 1. The first-order chi connectivity index (χ1) is 9.02. The van der Waals surface area contributed by atoms with Crippen LogP contribution in [0.1, 0.15) is 29.9 Å². The first kappa shape index (κ1) is 14.0. The van der Waals surface area contributed by atoms with Gasteiger partial charge in [-0.25, -0.2) is 0 Å². The molecule has 4 heteroatoms. The summed E-state index contributed by atoms with van der Waals surface area (Å²) in [6, 6.07) is 9.91. The highest BCUT2D eigenvalue weighted by molar-refractivity contribution is 7.20. The third kappa shape index (κ3) is 3.55. The molecule has 102 valence electrons. The van der Waals surface area contributed by atoms with Gasteiger partial charge in [0.05, 0.1) is 4.88 Å². The molecule has 0 bridgehead atoms. The Balaban J connectivity index is 2.04. The van der Waals surface area contributed by atoms with Crippen molar-refractivity contribution >= 4 is 27.3 Å². The number of aliphatic hydroxyl groups is 1. The zero-order chi connectivity index (χ0) is 13.9. The van der Waals surface area contributed by atoms with Crippen molar-refractivity contribution in [2.24, 2.45) is 5.41 Å². The Morgan fingerprint density at radius 1 is 1.37 bits per heavy atom. The zero-order valence-corrected chi connectivity index (χ0v) is 12.1. The molecule has 1 aromatic heterocycles. The predicted molar refractivity (Wildman–Crippen MR) is 79.6 cm³/mol. The van der Waals surface area contributed by atoms with Crippen molar-refractivity contribution in [1.29, 1.82) is 0 Å². The number of nitrogens with one attached hydrogen (secondary N) is 1. The Kier molecular flexibility index (Phi) is 4.22. The maximum atomic E-state index is 12.1. The zero-order valence-electron chi connectivity index (χ0n) is 11.3. The van der Waals surface area contributed by atoms with E-state index < -0.39 is 0 Å². The maximum Gasteiger partial charge on any atom is 0.261 e. The number of rotatable bonds is 5. The molecule has 1 amide bonds. The Hall–Kier alpha value is -1.39. The smallest absolute Gasteiger partial charge is 0.261 e. The van der Waals surface area contributed by atoms with E-state index in [0.717, 1.165) is 15.0 Å². The van der Waals surface area contributed by atoms with Crippen LogP contribution in [0.15, 0.2) is 30.3 Å². The molecule has 0 saturated heterocycles. The number of carbonyl (C=O) groups is 1. The molecule has 1 heterocycles. The van der Waals surface area contributed by atoms with Gasteiger partial charge in [-0.1, -0.05) is 32.0 Å². The van der Waals surface area contributed by atoms with Gasteiger partial charge < -0.3 is 10.4 Å². The topological polar surface area (TPSA) is 49.3 Å². The van der Waals surface area contributed by atoms with Gasteiger partial charge in [0, 0.05) is 17.9 Å². The van der Waals surface area contributed by atoms with Crippen LogP contribution >= 0.6 is 11.3 Å². The van der Waals surface area contributed by atoms with Gasteiger partial charge in [0.25, 0.3) is 5.91 Å². The molecule has 0 saturated carbocycles. The number of thiophene rings is 1. The van der Waals surface area contributed by atoms with Crippen molar-refractivity contribution in [2.75, 3.05) is 13.2 Å². The molecule has 0 radical (unpaired) electrons. The van der Waals surface area contributed by atoms with Crippen LogP contribution in [0, 0.1) is 5.41 Å². The summed E-state index contributed by atoms with van der Waals surface area (Å²) in [5, 5.41) is 13.0. The van der Waals surface area contributed by atoms with Crippen molar-refractivity contribution in [3.63, 3.8) is 0 Å². The summed E-state index contributed by atoms with van der Waals surface area (Å²) in [7, 11) is 0. The number of carbonyl (C=O) groups excluding carboxylic acids is 1. The van der Waals surface area contributed by atoms with Crippen LogP contribution in [0.25, 0.3) is 10.1 Å². The Morgan fingerprint density at radius 3 is 2.79 bits per heavy atom. The molecule has 0 aliphatic heterocycles. The second kappa shape index (κ2) is 5.72. The molecule has 0 aliphatic carbocycles. The normalized spacial score (nSPS) is 11.7. The highest BCUT2D eigenvalue weighted by Crippen LogP contribution is 2.25. The lowest BCUT2D eigenvalue weighted by atomic mass is 9.90. The summed E-state index contributed by atoms with van der Waals surface area (Å²) in [6.07, 6.45) is 0.680. The van der Waals surface area contributed by atoms with Crippen LogP contribution < -0.4 is 5.32 Å². The van der Waals surface area contributed by atoms with Gasteiger partial charge in [-0.05, 0) is 29.4 Å². The van der Waals surface area contributed by atoms with Crippen molar-refractivity contribution in [2.45, 2.75) is 20.3 Å². The molecule has 1 aromatic carbocycles. The highest BCUT2D eigenvalue weighted by Gasteiger charge is 2.19. The van der Waals surface area contributed by atoms with Crippen LogP contribution in [-0.2, 0) is 0 Å². The molecule has 3 nitrogen and oxygen atoms in total. The number of hydrogen-bond donors (Lipinski definition) is 2. The van der Waals surface area contributed by atoms with Gasteiger partial charge >= 0.3 is 0 Å². The molecular formula is C15H19NO2S. The van der Waals surface area contributed by atoms with E-state index in [1.807, 2.05) is 44.2 Å². The largest absolute Gasteiger partial charge is 0.396 e. The van der Waals surface area contributed by atoms with Crippen LogP contribution in [-0.4, -0.2) is 24.2 Å². The standard InChI is InChI=1S/C15H19NO2S/c1-15(2,7-8-17)10-16-14(18)13-9-11-5-3-4-6-12(11)19-13/h3-6,9,17H,7-8,10H2,1-2H3,(H,16,18). The molecular weight excluding hydrogens is 258 g/mol. The molecule has 2 aromatic rings. The van der Waals surface area contributed by atoms with Crippen LogP contribution in [0.5, 0.6) is 0 Å². The molecule has 2 N–H and O–H groups in total. The lowest BCUT2D eigenvalue weighted by Gasteiger charge is -2.23. The molecule has 0 aliphatic rings. The van der Waals surface area contributed by atoms with E-state index >= 15 is 0 Å². The van der Waals surface area contributed by atoms with E-state index in [1.54, 1.807) is 0 Å². The molecule has 0 spiro atoms. The van der Waals surface area contributed by atoms with E-state index in [1.165, 1.54) is 11.3 Å². The number of amides is 1. The van der Waals surface area contributed by atoms with Crippen molar-refractivity contribution in [1.82, 2.24) is 5.32 Å². The number of aliphatic hydroxyl groups excluding tert-OH is 1. The van der Waals surface area contributed by atoms with Gasteiger partial charge in [-0.3, -0.25) is 4.79 Å². The predicted octanol–water partition coefficient (Wildman–Crippen LogP) is 3.04. The van der Waals surface area contributed by atoms with Crippen LogP contribution in [0.4, 0.5) is 0 Å². The van der Waals surface area contributed by atoms with Crippen LogP contribution in [0.3, 0.4) is 0 Å². The number of fused-ring (bicyclic) bond motifs is 1. The fraction of sp³-hybridized carbons (Fsp3) is 0.400. The Morgan fingerprint density at radius 2 is 2.11 bits per heavy atom. The van der Waals surface area contributed by atoms with Gasteiger partial charge in [0.1, 0.15) is 0 Å². The summed E-state index contributed by atoms with van der Waals surface area (Å²) in [5.74, 6) is -0.0350. The second-order valence-electron chi connectivity index (χ2n) is 5.47. The molecule has 0 fully saturated rings. The van der Waals surface area contributed by atoms with Crippen molar-refractivity contribution in [3.05, 3.63) is 35.2 Å². The average molecular weight is 277 g/mol. The van der Waals surface area contributed by atoms with Gasteiger partial charge in [-0.2, -0.15) is 0 Å². The minimum Gasteiger partial charge on any atom is -0.396 e. The third-order valence-electron chi connectivity index (χ3n) is 3.17. The molecule has 0 unspecified atom stereocenters. The van der Waals surface area contributed by atoms with Crippen molar-refractivity contribution < 1.29 is 9.90 Å². The quantitative estimate of drug-likeness (QED) is 0.882. The lowest BCUT2D eigenvalue weighted by Crippen LogP contribution is -2.34. The van der Waals surface area contributed by atoms with Crippen molar-refractivity contribution in [3.8, 4) is 0 Å². The van der Waals surface area contributed by atoms with E-state index in [9.17, 15) is 4.79 Å². The average Bonchev–Trinajstić information content (AvgIpc) is 2.79. The Labute approximate surface area is 117 Å². The highest BCUT2D eigenvalue weighted by atomic mass is 32.1. The SMILES string of the molecule is CC(C)(CCO)CNC(=O)c1cc2ccccc2s1. The second-order valence-corrected chi connectivity index (χ2v) is 6.55. The first-order valence-electron chi connectivity index (χ1n) is 6.39. The minimum atomic E-state index is -0.0822.